The fourth-order valence-electron chi connectivity index (χ4n) is 3.00. The van der Waals surface area contributed by atoms with Gasteiger partial charge in [0, 0.05) is 12.1 Å². The van der Waals surface area contributed by atoms with E-state index in [9.17, 15) is 0 Å². The second-order valence-corrected chi connectivity index (χ2v) is 5.83. The van der Waals surface area contributed by atoms with E-state index in [2.05, 4.69) is 55.3 Å². The number of benzene rings is 1. The lowest BCUT2D eigenvalue weighted by Gasteiger charge is -2.33. The number of hydrogen-bond donors (Lipinski definition) is 1. The van der Waals surface area contributed by atoms with Crippen molar-refractivity contribution in [1.82, 2.24) is 10.2 Å². The van der Waals surface area contributed by atoms with Gasteiger partial charge in [0.05, 0.1) is 0 Å². The molecule has 2 nitrogen and oxygen atoms in total. The molecule has 1 aliphatic heterocycles. The van der Waals surface area contributed by atoms with E-state index in [-0.39, 0.29) is 0 Å². The molecule has 1 heterocycles. The molecule has 0 saturated carbocycles. The van der Waals surface area contributed by atoms with Crippen molar-refractivity contribution in [2.45, 2.75) is 52.1 Å². The molecule has 0 spiro atoms. The Hall–Kier alpha value is -0.860. The maximum atomic E-state index is 3.74. The Bertz CT molecular complexity index is 365. The molecule has 1 fully saturated rings. The Labute approximate surface area is 118 Å². The van der Waals surface area contributed by atoms with E-state index < -0.39 is 0 Å². The molecule has 19 heavy (non-hydrogen) atoms. The summed E-state index contributed by atoms with van der Waals surface area (Å²) in [6.45, 7) is 10.4. The van der Waals surface area contributed by atoms with Crippen molar-refractivity contribution < 1.29 is 0 Å². The van der Waals surface area contributed by atoms with Gasteiger partial charge < -0.3 is 5.32 Å². The van der Waals surface area contributed by atoms with Gasteiger partial charge in [-0.15, -0.1) is 0 Å². The molecule has 2 rings (SSSR count). The summed E-state index contributed by atoms with van der Waals surface area (Å²) in [6.07, 6.45) is 3.91. The third-order valence-corrected chi connectivity index (χ3v) is 4.25. The SMILES string of the molecule is CCCNC(c1ccc(C)cc1)C(C)N1CCCC1. The molecule has 2 atom stereocenters. The zero-order chi connectivity index (χ0) is 13.7. The van der Waals surface area contributed by atoms with Crippen LogP contribution in [0.15, 0.2) is 24.3 Å². The Morgan fingerprint density at radius 3 is 2.37 bits per heavy atom. The molecule has 0 radical (unpaired) electrons. The quantitative estimate of drug-likeness (QED) is 0.842. The first-order valence-corrected chi connectivity index (χ1v) is 7.76. The molecule has 106 valence electrons. The molecule has 1 saturated heterocycles. The Balaban J connectivity index is 2.11. The molecule has 1 aliphatic rings. The Kier molecular flexibility index (Phi) is 5.41. The van der Waals surface area contributed by atoms with Gasteiger partial charge >= 0.3 is 0 Å². The molecular weight excluding hydrogens is 232 g/mol. The zero-order valence-corrected chi connectivity index (χ0v) is 12.7. The van der Waals surface area contributed by atoms with E-state index in [1.165, 1.54) is 43.5 Å². The van der Waals surface area contributed by atoms with Crippen molar-refractivity contribution in [3.8, 4) is 0 Å². The summed E-state index contributed by atoms with van der Waals surface area (Å²) in [5, 5.41) is 3.74. The largest absolute Gasteiger partial charge is 0.309 e. The number of aryl methyl sites for hydroxylation is 1. The van der Waals surface area contributed by atoms with Gasteiger partial charge in [0.25, 0.3) is 0 Å². The number of nitrogens with zero attached hydrogens (tertiary/aromatic N) is 1. The summed E-state index contributed by atoms with van der Waals surface area (Å²) in [5.74, 6) is 0. The minimum Gasteiger partial charge on any atom is -0.309 e. The summed E-state index contributed by atoms with van der Waals surface area (Å²) in [7, 11) is 0. The van der Waals surface area contributed by atoms with E-state index in [0.717, 1.165) is 6.54 Å². The van der Waals surface area contributed by atoms with Crippen LogP contribution >= 0.6 is 0 Å². The maximum absolute atomic E-state index is 3.74. The number of likely N-dealkylation sites (tertiary alicyclic amines) is 1. The normalized spacial score (nSPS) is 19.5. The van der Waals surface area contributed by atoms with E-state index in [1.807, 2.05) is 0 Å². The number of hydrogen-bond acceptors (Lipinski definition) is 2. The van der Waals surface area contributed by atoms with E-state index in [4.69, 9.17) is 0 Å². The first kappa shape index (κ1) is 14.5. The molecule has 2 heteroatoms. The molecule has 1 aromatic rings. The molecule has 1 N–H and O–H groups in total. The Morgan fingerprint density at radius 2 is 1.79 bits per heavy atom. The number of nitrogens with one attached hydrogen (secondary N) is 1. The minimum atomic E-state index is 0.457. The molecule has 2 unspecified atom stereocenters. The second-order valence-electron chi connectivity index (χ2n) is 5.83. The van der Waals surface area contributed by atoms with E-state index in [0.29, 0.717) is 12.1 Å². The summed E-state index contributed by atoms with van der Waals surface area (Å²) in [5.41, 5.74) is 2.77. The summed E-state index contributed by atoms with van der Waals surface area (Å²) in [6, 6.07) is 10.1. The first-order valence-electron chi connectivity index (χ1n) is 7.76. The van der Waals surface area contributed by atoms with Crippen LogP contribution < -0.4 is 5.32 Å². The smallest absolute Gasteiger partial charge is 0.0475 e. The van der Waals surface area contributed by atoms with Gasteiger partial charge in [-0.2, -0.15) is 0 Å². The van der Waals surface area contributed by atoms with Crippen LogP contribution in [-0.4, -0.2) is 30.6 Å². The fourth-order valence-corrected chi connectivity index (χ4v) is 3.00. The van der Waals surface area contributed by atoms with Gasteiger partial charge in [-0.25, -0.2) is 0 Å². The van der Waals surface area contributed by atoms with Crippen molar-refractivity contribution in [2.24, 2.45) is 0 Å². The summed E-state index contributed by atoms with van der Waals surface area (Å²) in [4.78, 5) is 2.63. The molecule has 0 aliphatic carbocycles. The van der Waals surface area contributed by atoms with Crippen molar-refractivity contribution in [3.05, 3.63) is 35.4 Å². The molecule has 1 aromatic carbocycles. The van der Waals surface area contributed by atoms with E-state index in [1.54, 1.807) is 0 Å². The van der Waals surface area contributed by atoms with Crippen molar-refractivity contribution in [2.75, 3.05) is 19.6 Å². The van der Waals surface area contributed by atoms with Gasteiger partial charge in [-0.1, -0.05) is 36.8 Å². The van der Waals surface area contributed by atoms with Crippen LogP contribution in [-0.2, 0) is 0 Å². The average Bonchev–Trinajstić information content (AvgIpc) is 2.95. The fraction of sp³-hybridized carbons (Fsp3) is 0.647. The molecule has 0 aromatic heterocycles. The Morgan fingerprint density at radius 1 is 1.16 bits per heavy atom. The lowest BCUT2D eigenvalue weighted by Crippen LogP contribution is -2.41. The van der Waals surface area contributed by atoms with Crippen LogP contribution in [0.1, 0.15) is 50.3 Å². The highest BCUT2D eigenvalue weighted by atomic mass is 15.2. The van der Waals surface area contributed by atoms with Gasteiger partial charge in [-0.05, 0) is 58.3 Å². The van der Waals surface area contributed by atoms with Crippen molar-refractivity contribution in [3.63, 3.8) is 0 Å². The predicted octanol–water partition coefficient (Wildman–Crippen LogP) is 3.52. The van der Waals surface area contributed by atoms with E-state index >= 15 is 0 Å². The van der Waals surface area contributed by atoms with Crippen molar-refractivity contribution in [1.29, 1.82) is 0 Å². The number of rotatable bonds is 6. The third kappa shape index (κ3) is 3.80. The highest BCUT2D eigenvalue weighted by Crippen LogP contribution is 2.24. The van der Waals surface area contributed by atoms with Crippen LogP contribution in [0.5, 0.6) is 0 Å². The van der Waals surface area contributed by atoms with Gasteiger partial charge in [-0.3, -0.25) is 4.90 Å². The van der Waals surface area contributed by atoms with Crippen LogP contribution in [0.2, 0.25) is 0 Å². The third-order valence-electron chi connectivity index (χ3n) is 4.25. The lowest BCUT2D eigenvalue weighted by molar-refractivity contribution is 0.207. The van der Waals surface area contributed by atoms with Crippen molar-refractivity contribution >= 4 is 0 Å². The summed E-state index contributed by atoms with van der Waals surface area (Å²) >= 11 is 0. The zero-order valence-electron chi connectivity index (χ0n) is 12.7. The van der Waals surface area contributed by atoms with Crippen LogP contribution in [0.3, 0.4) is 0 Å². The van der Waals surface area contributed by atoms with Crippen LogP contribution in [0.4, 0.5) is 0 Å². The van der Waals surface area contributed by atoms with Gasteiger partial charge in [0.1, 0.15) is 0 Å². The lowest BCUT2D eigenvalue weighted by atomic mass is 9.98. The maximum Gasteiger partial charge on any atom is 0.0475 e. The molecule has 0 amide bonds. The minimum absolute atomic E-state index is 0.457. The highest BCUT2D eigenvalue weighted by molar-refractivity contribution is 5.25. The van der Waals surface area contributed by atoms with Crippen LogP contribution in [0, 0.1) is 6.92 Å². The molecular formula is C17H28N2. The second kappa shape index (κ2) is 7.06. The average molecular weight is 260 g/mol. The van der Waals surface area contributed by atoms with Gasteiger partial charge in [0.2, 0.25) is 0 Å². The van der Waals surface area contributed by atoms with Gasteiger partial charge in [0.15, 0.2) is 0 Å². The topological polar surface area (TPSA) is 15.3 Å². The molecule has 0 bridgehead atoms. The predicted molar refractivity (Wildman–Crippen MR) is 82.5 cm³/mol. The monoisotopic (exact) mass is 260 g/mol. The first-order chi connectivity index (χ1) is 9.22. The standard InChI is InChI=1S/C17H28N2/c1-4-11-18-17(15(3)19-12-5-6-13-19)16-9-7-14(2)8-10-16/h7-10,15,17-18H,4-6,11-13H2,1-3H3. The highest BCUT2D eigenvalue weighted by Gasteiger charge is 2.26. The summed E-state index contributed by atoms with van der Waals surface area (Å²) < 4.78 is 0. The van der Waals surface area contributed by atoms with Crippen LogP contribution in [0.25, 0.3) is 0 Å².